The van der Waals surface area contributed by atoms with Crippen molar-refractivity contribution in [1.29, 1.82) is 0 Å². The molecule has 1 heterocycles. The molecule has 2 aromatic carbocycles. The summed E-state index contributed by atoms with van der Waals surface area (Å²) in [5.74, 6) is -1.09. The molecule has 0 radical (unpaired) electrons. The highest BCUT2D eigenvalue weighted by atomic mass is 28.4. The molecular weight excluding hydrogens is 508 g/mol. The third kappa shape index (κ3) is 4.69. The monoisotopic (exact) mass is 546 g/mol. The molecule has 2 aromatic rings. The van der Waals surface area contributed by atoms with Crippen molar-refractivity contribution in [3.63, 3.8) is 0 Å². The molecule has 0 bridgehead atoms. The Kier molecular flexibility index (Phi) is 7.62. The van der Waals surface area contributed by atoms with E-state index in [1.807, 2.05) is 12.1 Å². The molecule has 4 rings (SSSR count). The highest BCUT2D eigenvalue weighted by molar-refractivity contribution is 6.74. The SMILES string of the molecule is COc1cc([C@@H]2c3cc4c(cc3[C@H](O[Si](C)(C)C(C)(C)C)[C@@H](CO)[C@H]2C(=O)O)OCO4)cc(OC)c1OC. The van der Waals surface area contributed by atoms with Crippen LogP contribution in [-0.4, -0.2) is 59.2 Å². The maximum absolute atomic E-state index is 13.0. The Bertz CT molecular complexity index is 1180. The smallest absolute Gasteiger partial charge is 0.307 e. The molecule has 0 unspecified atom stereocenters. The van der Waals surface area contributed by atoms with Gasteiger partial charge in [0.2, 0.25) is 12.5 Å². The molecule has 0 saturated carbocycles. The van der Waals surface area contributed by atoms with E-state index in [4.69, 9.17) is 28.1 Å². The number of aliphatic carboxylic acids is 1. The number of carbonyl (C=O) groups is 1. The van der Waals surface area contributed by atoms with Crippen LogP contribution in [0.2, 0.25) is 18.1 Å². The Labute approximate surface area is 224 Å². The summed E-state index contributed by atoms with van der Waals surface area (Å²) in [4.78, 5) is 13.0. The molecule has 1 aliphatic heterocycles. The molecule has 2 N–H and O–H groups in total. The summed E-state index contributed by atoms with van der Waals surface area (Å²) in [7, 11) is 2.16. The molecule has 0 aromatic heterocycles. The van der Waals surface area contributed by atoms with Crippen LogP contribution in [0.15, 0.2) is 24.3 Å². The average molecular weight is 547 g/mol. The van der Waals surface area contributed by atoms with Gasteiger partial charge in [-0.15, -0.1) is 0 Å². The van der Waals surface area contributed by atoms with Crippen LogP contribution in [0, 0.1) is 11.8 Å². The van der Waals surface area contributed by atoms with E-state index < -0.39 is 38.1 Å². The van der Waals surface area contributed by atoms with Gasteiger partial charge in [-0.1, -0.05) is 20.8 Å². The van der Waals surface area contributed by atoms with E-state index in [0.717, 1.165) is 11.1 Å². The zero-order valence-corrected chi connectivity index (χ0v) is 24.3. The predicted octanol–water partition coefficient (Wildman–Crippen LogP) is 4.96. The molecule has 208 valence electrons. The van der Waals surface area contributed by atoms with Gasteiger partial charge >= 0.3 is 5.97 Å². The summed E-state index contributed by atoms with van der Waals surface area (Å²) in [6.45, 7) is 10.3. The first-order valence-corrected chi connectivity index (χ1v) is 15.5. The number of aliphatic hydroxyl groups excluding tert-OH is 1. The Morgan fingerprint density at radius 2 is 1.53 bits per heavy atom. The lowest BCUT2D eigenvalue weighted by molar-refractivity contribution is -0.148. The minimum Gasteiger partial charge on any atom is -0.493 e. The zero-order chi connectivity index (χ0) is 28.0. The lowest BCUT2D eigenvalue weighted by Crippen LogP contribution is -2.48. The van der Waals surface area contributed by atoms with Gasteiger partial charge in [-0.3, -0.25) is 4.79 Å². The molecule has 2 aliphatic rings. The molecule has 4 atom stereocenters. The fourth-order valence-corrected chi connectivity index (χ4v) is 6.49. The van der Waals surface area contributed by atoms with Crippen LogP contribution in [-0.2, 0) is 9.22 Å². The van der Waals surface area contributed by atoms with Crippen molar-refractivity contribution in [2.75, 3.05) is 34.7 Å². The first-order valence-electron chi connectivity index (χ1n) is 12.6. The maximum atomic E-state index is 13.0. The van der Waals surface area contributed by atoms with E-state index in [1.165, 1.54) is 21.3 Å². The second-order valence-corrected chi connectivity index (χ2v) is 16.0. The molecular formula is C28H38O9Si. The molecule has 38 heavy (non-hydrogen) atoms. The topological polar surface area (TPSA) is 113 Å². The van der Waals surface area contributed by atoms with Gasteiger partial charge in [0.15, 0.2) is 31.3 Å². The van der Waals surface area contributed by atoms with Crippen LogP contribution < -0.4 is 23.7 Å². The van der Waals surface area contributed by atoms with Crippen molar-refractivity contribution in [2.24, 2.45) is 11.8 Å². The van der Waals surface area contributed by atoms with Gasteiger partial charge in [0, 0.05) is 18.4 Å². The Morgan fingerprint density at radius 3 is 1.97 bits per heavy atom. The van der Waals surface area contributed by atoms with Gasteiger partial charge < -0.3 is 38.3 Å². The zero-order valence-electron chi connectivity index (χ0n) is 23.3. The lowest BCUT2D eigenvalue weighted by atomic mass is 9.65. The average Bonchev–Trinajstić information content (AvgIpc) is 3.32. The predicted molar refractivity (Wildman–Crippen MR) is 143 cm³/mol. The fourth-order valence-electron chi connectivity index (χ4n) is 5.20. The molecule has 10 heteroatoms. The number of benzene rings is 2. The number of aliphatic hydroxyl groups is 1. The number of carboxylic acids is 1. The van der Waals surface area contributed by atoms with E-state index in [0.29, 0.717) is 34.3 Å². The van der Waals surface area contributed by atoms with E-state index >= 15 is 0 Å². The van der Waals surface area contributed by atoms with Crippen molar-refractivity contribution in [1.82, 2.24) is 0 Å². The van der Waals surface area contributed by atoms with Gasteiger partial charge in [-0.2, -0.15) is 0 Å². The standard InChI is InChI=1S/C28H38O9Si/c1-28(2,3)38(7,8)37-25-17-12-20-19(35-14-36-20)11-16(17)23(24(27(30)31)18(25)13-29)15-9-21(32-4)26(34-6)22(10-15)33-5/h9-12,18,23-25,29H,13-14H2,1-8H3,(H,30,31)/t18-,23+,24+,25-/m0/s1. The Morgan fingerprint density at radius 1 is 0.974 bits per heavy atom. The van der Waals surface area contributed by atoms with Crippen LogP contribution in [0.4, 0.5) is 0 Å². The van der Waals surface area contributed by atoms with E-state index in [9.17, 15) is 15.0 Å². The summed E-state index contributed by atoms with van der Waals surface area (Å²) in [5, 5.41) is 21.2. The number of hydrogen-bond acceptors (Lipinski definition) is 8. The van der Waals surface area contributed by atoms with Crippen molar-refractivity contribution >= 4 is 14.3 Å². The molecule has 0 spiro atoms. The second-order valence-electron chi connectivity index (χ2n) is 11.3. The molecule has 9 nitrogen and oxygen atoms in total. The first-order chi connectivity index (χ1) is 17.9. The number of methoxy groups -OCH3 is 3. The van der Waals surface area contributed by atoms with E-state index in [1.54, 1.807) is 12.1 Å². The number of carboxylic acid groups (broad SMARTS) is 1. The van der Waals surface area contributed by atoms with Crippen LogP contribution >= 0.6 is 0 Å². The van der Waals surface area contributed by atoms with Gasteiger partial charge in [0.25, 0.3) is 0 Å². The van der Waals surface area contributed by atoms with Gasteiger partial charge in [-0.25, -0.2) is 0 Å². The summed E-state index contributed by atoms with van der Waals surface area (Å²) >= 11 is 0. The summed E-state index contributed by atoms with van der Waals surface area (Å²) in [5.41, 5.74) is 2.18. The summed E-state index contributed by atoms with van der Waals surface area (Å²) in [6.07, 6.45) is -0.648. The van der Waals surface area contributed by atoms with Gasteiger partial charge in [0.1, 0.15) is 0 Å². The van der Waals surface area contributed by atoms with Crippen LogP contribution in [0.1, 0.15) is 49.5 Å². The Balaban J connectivity index is 2.00. The highest BCUT2D eigenvalue weighted by Gasteiger charge is 2.51. The van der Waals surface area contributed by atoms with Crippen LogP contribution in [0.25, 0.3) is 0 Å². The minimum atomic E-state index is -2.38. The van der Waals surface area contributed by atoms with Crippen molar-refractivity contribution in [3.05, 3.63) is 41.0 Å². The van der Waals surface area contributed by atoms with Gasteiger partial charge in [0.05, 0.1) is 33.4 Å². The van der Waals surface area contributed by atoms with Gasteiger partial charge in [-0.05, 0) is 59.1 Å². The van der Waals surface area contributed by atoms with E-state index in [2.05, 4.69) is 33.9 Å². The lowest BCUT2D eigenvalue weighted by Gasteiger charge is -2.47. The van der Waals surface area contributed by atoms with E-state index in [-0.39, 0.29) is 18.4 Å². The number of fused-ring (bicyclic) bond motifs is 2. The van der Waals surface area contributed by atoms with Crippen LogP contribution in [0.5, 0.6) is 28.7 Å². The van der Waals surface area contributed by atoms with Crippen molar-refractivity contribution in [3.8, 4) is 28.7 Å². The highest BCUT2D eigenvalue weighted by Crippen LogP contribution is 2.56. The van der Waals surface area contributed by atoms with Crippen LogP contribution in [0.3, 0.4) is 0 Å². The third-order valence-corrected chi connectivity index (χ3v) is 12.7. The number of rotatable bonds is 8. The van der Waals surface area contributed by atoms with Crippen molar-refractivity contribution in [2.45, 2.75) is 50.9 Å². The number of ether oxygens (including phenoxy) is 5. The summed E-state index contributed by atoms with van der Waals surface area (Å²) in [6, 6.07) is 7.25. The quantitative estimate of drug-likeness (QED) is 0.444. The van der Waals surface area contributed by atoms with Crippen molar-refractivity contribution < 1.29 is 43.1 Å². The molecule has 0 amide bonds. The number of hydrogen-bond donors (Lipinski definition) is 2. The minimum absolute atomic E-state index is 0.0760. The second kappa shape index (κ2) is 10.3. The molecule has 0 fully saturated rings. The largest absolute Gasteiger partial charge is 0.493 e. The molecule has 1 aliphatic carbocycles. The third-order valence-electron chi connectivity index (χ3n) is 8.20. The normalized spacial score (nSPS) is 22.6. The first kappa shape index (κ1) is 28.1. The fraction of sp³-hybridized carbons (Fsp3) is 0.536. The Hall–Kier alpha value is -2.95. The molecule has 0 saturated heterocycles. The summed E-state index contributed by atoms with van der Waals surface area (Å²) < 4.78 is 34.9. The maximum Gasteiger partial charge on any atom is 0.307 e.